The summed E-state index contributed by atoms with van der Waals surface area (Å²) in [5.41, 5.74) is 1.20. The van der Waals surface area contributed by atoms with Gasteiger partial charge >= 0.3 is 0 Å². The van der Waals surface area contributed by atoms with Crippen LogP contribution in [-0.4, -0.2) is 16.7 Å². The Bertz CT molecular complexity index is 169. The maximum absolute atomic E-state index is 8.62. The van der Waals surface area contributed by atoms with Gasteiger partial charge in [-0.25, -0.2) is 0 Å². The first-order valence-electron chi connectivity index (χ1n) is 3.58. The molecule has 0 aliphatic heterocycles. The quantitative estimate of drug-likeness (QED) is 0.654. The molecule has 0 aliphatic rings. The van der Waals surface area contributed by atoms with E-state index in [4.69, 9.17) is 5.11 Å². The highest BCUT2D eigenvalue weighted by molar-refractivity contribution is 5.08. The smallest absolute Gasteiger partial charge is 0.0437 e. The van der Waals surface area contributed by atoms with Crippen molar-refractivity contribution in [3.8, 4) is 0 Å². The molecule has 1 aromatic heterocycles. The number of rotatable bonds is 3. The van der Waals surface area contributed by atoms with E-state index in [1.165, 1.54) is 5.69 Å². The van der Waals surface area contributed by atoms with E-state index in [1.54, 1.807) is 0 Å². The van der Waals surface area contributed by atoms with E-state index in [-0.39, 0.29) is 6.61 Å². The van der Waals surface area contributed by atoms with Crippen LogP contribution in [0, 0.1) is 0 Å². The first kappa shape index (κ1) is 7.35. The summed E-state index contributed by atoms with van der Waals surface area (Å²) in [7, 11) is 0. The minimum absolute atomic E-state index is 0.264. The lowest BCUT2D eigenvalue weighted by molar-refractivity contribution is 0.278. The molecule has 1 rings (SSSR count). The lowest BCUT2D eigenvalue weighted by Crippen LogP contribution is -1.96. The molecule has 0 amide bonds. The molecule has 0 saturated carbocycles. The third-order valence-corrected chi connectivity index (χ3v) is 1.72. The molecular formula is C8H13NO. The van der Waals surface area contributed by atoms with E-state index < -0.39 is 0 Å². The van der Waals surface area contributed by atoms with Gasteiger partial charge in [0.05, 0.1) is 0 Å². The molecule has 56 valence electrons. The molecule has 0 spiro atoms. The van der Waals surface area contributed by atoms with Gasteiger partial charge in [0.25, 0.3) is 0 Å². The zero-order chi connectivity index (χ0) is 7.40. The minimum atomic E-state index is 0.264. The number of aromatic nitrogens is 1. The van der Waals surface area contributed by atoms with Crippen molar-refractivity contribution < 1.29 is 5.11 Å². The average Bonchev–Trinajstić information content (AvgIpc) is 2.38. The lowest BCUT2D eigenvalue weighted by atomic mass is 10.1. The van der Waals surface area contributed by atoms with Crippen LogP contribution in [0.5, 0.6) is 0 Å². The molecule has 1 atom stereocenters. The average molecular weight is 139 g/mol. The van der Waals surface area contributed by atoms with E-state index in [0.29, 0.717) is 5.92 Å². The van der Waals surface area contributed by atoms with E-state index in [2.05, 4.69) is 11.9 Å². The monoisotopic (exact) mass is 139 g/mol. The Labute approximate surface area is 60.9 Å². The third kappa shape index (κ3) is 1.61. The topological polar surface area (TPSA) is 36.0 Å². The summed E-state index contributed by atoms with van der Waals surface area (Å²) in [6.07, 6.45) is 2.74. The molecule has 0 aromatic carbocycles. The minimum Gasteiger partial charge on any atom is -0.396 e. The summed E-state index contributed by atoms with van der Waals surface area (Å²) in [6, 6.07) is 4.02. The first-order valence-corrected chi connectivity index (χ1v) is 3.58. The van der Waals surface area contributed by atoms with Crippen molar-refractivity contribution in [1.82, 2.24) is 4.98 Å². The maximum atomic E-state index is 8.62. The molecular weight excluding hydrogens is 126 g/mol. The van der Waals surface area contributed by atoms with Crippen molar-refractivity contribution in [1.29, 1.82) is 0 Å². The van der Waals surface area contributed by atoms with Crippen LogP contribution in [0.4, 0.5) is 0 Å². The van der Waals surface area contributed by atoms with Gasteiger partial charge in [0.2, 0.25) is 0 Å². The van der Waals surface area contributed by atoms with Gasteiger partial charge in [0.1, 0.15) is 0 Å². The van der Waals surface area contributed by atoms with Crippen LogP contribution in [0.15, 0.2) is 18.3 Å². The highest BCUT2D eigenvalue weighted by Crippen LogP contribution is 2.15. The molecule has 1 unspecified atom stereocenters. The second-order valence-corrected chi connectivity index (χ2v) is 2.54. The lowest BCUT2D eigenvalue weighted by Gasteiger charge is -2.05. The third-order valence-electron chi connectivity index (χ3n) is 1.72. The molecule has 0 radical (unpaired) electrons. The fourth-order valence-electron chi connectivity index (χ4n) is 1.000. The highest BCUT2D eigenvalue weighted by atomic mass is 16.3. The van der Waals surface area contributed by atoms with E-state index >= 15 is 0 Å². The number of hydrogen-bond donors (Lipinski definition) is 2. The normalized spacial score (nSPS) is 13.4. The fourth-order valence-corrected chi connectivity index (χ4v) is 1.000. The van der Waals surface area contributed by atoms with Gasteiger partial charge in [0.15, 0.2) is 0 Å². The molecule has 1 heterocycles. The summed E-state index contributed by atoms with van der Waals surface area (Å²) in [5, 5.41) is 8.62. The molecule has 0 fully saturated rings. The predicted molar refractivity (Wildman–Crippen MR) is 40.9 cm³/mol. The van der Waals surface area contributed by atoms with Gasteiger partial charge in [-0.3, -0.25) is 0 Å². The van der Waals surface area contributed by atoms with E-state index in [1.807, 2.05) is 18.3 Å². The molecule has 2 N–H and O–H groups in total. The van der Waals surface area contributed by atoms with Crippen molar-refractivity contribution in [2.24, 2.45) is 0 Å². The summed E-state index contributed by atoms with van der Waals surface area (Å²) in [4.78, 5) is 3.11. The Morgan fingerprint density at radius 2 is 2.50 bits per heavy atom. The van der Waals surface area contributed by atoms with Crippen LogP contribution in [-0.2, 0) is 0 Å². The van der Waals surface area contributed by atoms with Gasteiger partial charge in [-0.1, -0.05) is 6.92 Å². The zero-order valence-corrected chi connectivity index (χ0v) is 6.17. The van der Waals surface area contributed by atoms with Gasteiger partial charge in [-0.15, -0.1) is 0 Å². The van der Waals surface area contributed by atoms with Crippen LogP contribution in [0.2, 0.25) is 0 Å². The van der Waals surface area contributed by atoms with Crippen LogP contribution < -0.4 is 0 Å². The van der Waals surface area contributed by atoms with E-state index in [0.717, 1.165) is 6.42 Å². The number of aliphatic hydroxyl groups is 1. The van der Waals surface area contributed by atoms with Gasteiger partial charge in [-0.05, 0) is 24.5 Å². The first-order chi connectivity index (χ1) is 4.84. The SMILES string of the molecule is CC(CCO)c1ccc[nH]1. The fraction of sp³-hybridized carbons (Fsp3) is 0.500. The largest absolute Gasteiger partial charge is 0.396 e. The summed E-state index contributed by atoms with van der Waals surface area (Å²) in [5.74, 6) is 0.444. The van der Waals surface area contributed by atoms with Crippen molar-refractivity contribution in [3.63, 3.8) is 0 Å². The molecule has 0 bridgehead atoms. The second kappa shape index (κ2) is 3.42. The number of H-pyrrole nitrogens is 1. The Hall–Kier alpha value is -0.760. The summed E-state index contributed by atoms with van der Waals surface area (Å²) in [6.45, 7) is 2.36. The van der Waals surface area contributed by atoms with E-state index in [9.17, 15) is 0 Å². The van der Waals surface area contributed by atoms with Crippen molar-refractivity contribution in [3.05, 3.63) is 24.0 Å². The Morgan fingerprint density at radius 3 is 3.00 bits per heavy atom. The number of nitrogens with one attached hydrogen (secondary N) is 1. The maximum Gasteiger partial charge on any atom is 0.0437 e. The Kier molecular flexibility index (Phi) is 2.51. The van der Waals surface area contributed by atoms with Gasteiger partial charge in [-0.2, -0.15) is 0 Å². The number of aliphatic hydroxyl groups excluding tert-OH is 1. The molecule has 2 nitrogen and oxygen atoms in total. The summed E-state index contributed by atoms with van der Waals surface area (Å²) < 4.78 is 0. The van der Waals surface area contributed by atoms with Crippen LogP contribution in [0.25, 0.3) is 0 Å². The van der Waals surface area contributed by atoms with Crippen molar-refractivity contribution in [2.75, 3.05) is 6.61 Å². The predicted octanol–water partition coefficient (Wildman–Crippen LogP) is 1.50. The molecule has 10 heavy (non-hydrogen) atoms. The molecule has 0 aliphatic carbocycles. The molecule has 0 saturated heterocycles. The molecule has 1 aromatic rings. The number of aromatic amines is 1. The second-order valence-electron chi connectivity index (χ2n) is 2.54. The van der Waals surface area contributed by atoms with Crippen LogP contribution >= 0.6 is 0 Å². The summed E-state index contributed by atoms with van der Waals surface area (Å²) >= 11 is 0. The van der Waals surface area contributed by atoms with Gasteiger partial charge < -0.3 is 10.1 Å². The number of hydrogen-bond acceptors (Lipinski definition) is 1. The Morgan fingerprint density at radius 1 is 1.70 bits per heavy atom. The zero-order valence-electron chi connectivity index (χ0n) is 6.17. The Balaban J connectivity index is 2.50. The standard InChI is InChI=1S/C8H13NO/c1-7(4-6-10)8-3-2-5-9-8/h2-3,5,7,9-10H,4,6H2,1H3. The van der Waals surface area contributed by atoms with Crippen LogP contribution in [0.3, 0.4) is 0 Å². The van der Waals surface area contributed by atoms with Crippen molar-refractivity contribution >= 4 is 0 Å². The highest BCUT2D eigenvalue weighted by Gasteiger charge is 2.03. The van der Waals surface area contributed by atoms with Crippen LogP contribution in [0.1, 0.15) is 25.0 Å². The van der Waals surface area contributed by atoms with Crippen molar-refractivity contribution in [2.45, 2.75) is 19.3 Å². The molecule has 2 heteroatoms. The van der Waals surface area contributed by atoms with Gasteiger partial charge in [0, 0.05) is 18.5 Å².